The van der Waals surface area contributed by atoms with Crippen molar-refractivity contribution in [2.75, 3.05) is 20.8 Å². The van der Waals surface area contributed by atoms with Crippen molar-refractivity contribution in [3.63, 3.8) is 0 Å². The van der Waals surface area contributed by atoms with E-state index in [2.05, 4.69) is 4.98 Å². The van der Waals surface area contributed by atoms with Gasteiger partial charge in [-0.05, 0) is 54.4 Å². The first kappa shape index (κ1) is 25.1. The van der Waals surface area contributed by atoms with Gasteiger partial charge in [-0.25, -0.2) is 0 Å². The number of Topliss-reactive ketones (excluding diaryl/α,β-unsaturated/α-hetero) is 1. The quantitative estimate of drug-likeness (QED) is 0.266. The zero-order valence-electron chi connectivity index (χ0n) is 20.0. The van der Waals surface area contributed by atoms with Crippen molar-refractivity contribution in [1.82, 2.24) is 9.88 Å². The molecule has 0 saturated carbocycles. The Morgan fingerprint density at radius 3 is 2.44 bits per heavy atom. The van der Waals surface area contributed by atoms with Gasteiger partial charge in [0, 0.05) is 24.5 Å². The van der Waals surface area contributed by atoms with Gasteiger partial charge in [0.25, 0.3) is 11.7 Å². The molecule has 0 spiro atoms. The van der Waals surface area contributed by atoms with Gasteiger partial charge < -0.3 is 24.2 Å². The number of rotatable bonds is 8. The number of aromatic nitrogens is 1. The van der Waals surface area contributed by atoms with E-state index in [9.17, 15) is 14.7 Å². The highest BCUT2D eigenvalue weighted by Crippen LogP contribution is 2.43. The van der Waals surface area contributed by atoms with E-state index >= 15 is 0 Å². The second kappa shape index (κ2) is 10.7. The molecule has 1 fully saturated rings. The number of aliphatic hydroxyl groups is 1. The normalized spacial score (nSPS) is 16.8. The maximum Gasteiger partial charge on any atom is 0.295 e. The fraction of sp³-hybridized carbons (Fsp3) is 0.222. The number of likely N-dealkylation sites (tertiary alicyclic amines) is 1. The Morgan fingerprint density at radius 2 is 1.81 bits per heavy atom. The third-order valence-corrected chi connectivity index (χ3v) is 6.14. The van der Waals surface area contributed by atoms with Gasteiger partial charge in [0.05, 0.1) is 37.5 Å². The van der Waals surface area contributed by atoms with Gasteiger partial charge in [-0.2, -0.15) is 0 Å². The number of halogens is 1. The number of nitrogens with zero attached hydrogens (tertiary/aromatic N) is 2. The SMILES string of the molecule is CCOc1ccc(/C(O)=C2\C(=O)C(=O)N(Cc3cccnc3)C2c2ccc(OC)c(OC)c2)cc1Cl. The van der Waals surface area contributed by atoms with Crippen LogP contribution >= 0.6 is 11.6 Å². The molecule has 2 aromatic carbocycles. The number of hydrogen-bond donors (Lipinski definition) is 1. The maximum absolute atomic E-state index is 13.3. The number of aliphatic hydroxyl groups excluding tert-OH is 1. The van der Waals surface area contributed by atoms with Crippen LogP contribution in [0.5, 0.6) is 17.2 Å². The molecule has 4 rings (SSSR count). The fourth-order valence-electron chi connectivity index (χ4n) is 4.18. The van der Waals surface area contributed by atoms with E-state index < -0.39 is 17.7 Å². The van der Waals surface area contributed by atoms with Gasteiger partial charge in [-0.1, -0.05) is 23.7 Å². The largest absolute Gasteiger partial charge is 0.507 e. The standard InChI is InChI=1S/C27H25ClN2O6/c1-4-36-20-9-8-18(12-19(20)28)25(31)23-24(17-7-10-21(34-2)22(13-17)35-3)30(27(33)26(23)32)15-16-6-5-11-29-14-16/h5-14,24,31H,4,15H2,1-3H3/b25-23+. The zero-order chi connectivity index (χ0) is 25.8. The fourth-order valence-corrected chi connectivity index (χ4v) is 4.41. The first-order chi connectivity index (χ1) is 17.4. The topological polar surface area (TPSA) is 98.2 Å². The molecule has 0 radical (unpaired) electrons. The number of ketones is 1. The van der Waals surface area contributed by atoms with E-state index in [4.69, 9.17) is 25.8 Å². The molecule has 0 aliphatic carbocycles. The van der Waals surface area contributed by atoms with Crippen molar-refractivity contribution >= 4 is 29.1 Å². The number of ether oxygens (including phenoxy) is 3. The molecule has 1 aliphatic heterocycles. The lowest BCUT2D eigenvalue weighted by Crippen LogP contribution is -2.29. The second-order valence-corrected chi connectivity index (χ2v) is 8.39. The molecule has 1 aromatic heterocycles. The average Bonchev–Trinajstić information content (AvgIpc) is 3.14. The minimum Gasteiger partial charge on any atom is -0.507 e. The van der Waals surface area contributed by atoms with Crippen molar-refractivity contribution < 1.29 is 28.9 Å². The van der Waals surface area contributed by atoms with Crippen LogP contribution in [0.2, 0.25) is 5.02 Å². The second-order valence-electron chi connectivity index (χ2n) is 7.98. The summed E-state index contributed by atoms with van der Waals surface area (Å²) in [5, 5.41) is 11.6. The highest BCUT2D eigenvalue weighted by Gasteiger charge is 2.46. The van der Waals surface area contributed by atoms with Gasteiger partial charge in [-0.3, -0.25) is 14.6 Å². The summed E-state index contributed by atoms with van der Waals surface area (Å²) in [5.74, 6) is -0.524. The Kier molecular flexibility index (Phi) is 7.45. The van der Waals surface area contributed by atoms with Gasteiger partial charge in [0.2, 0.25) is 0 Å². The average molecular weight is 509 g/mol. The molecule has 9 heteroatoms. The lowest BCUT2D eigenvalue weighted by atomic mass is 9.94. The van der Waals surface area contributed by atoms with E-state index in [1.54, 1.807) is 48.8 Å². The Bertz CT molecular complexity index is 1330. The first-order valence-electron chi connectivity index (χ1n) is 11.2. The van der Waals surface area contributed by atoms with E-state index in [-0.39, 0.29) is 28.5 Å². The van der Waals surface area contributed by atoms with Crippen LogP contribution in [0.4, 0.5) is 0 Å². The van der Waals surface area contributed by atoms with Gasteiger partial charge in [-0.15, -0.1) is 0 Å². The Morgan fingerprint density at radius 1 is 1.06 bits per heavy atom. The van der Waals surface area contributed by atoms with Crippen LogP contribution in [0, 0.1) is 0 Å². The molecule has 1 unspecified atom stereocenters. The molecule has 186 valence electrons. The number of hydrogen-bond acceptors (Lipinski definition) is 7. The summed E-state index contributed by atoms with van der Waals surface area (Å²) in [7, 11) is 3.01. The summed E-state index contributed by atoms with van der Waals surface area (Å²) in [5.41, 5.74) is 1.52. The lowest BCUT2D eigenvalue weighted by Gasteiger charge is -2.26. The van der Waals surface area contributed by atoms with Crippen molar-refractivity contribution in [1.29, 1.82) is 0 Å². The number of amides is 1. The minimum atomic E-state index is -0.893. The molecule has 36 heavy (non-hydrogen) atoms. The van der Waals surface area contributed by atoms with Gasteiger partial charge in [0.15, 0.2) is 11.5 Å². The van der Waals surface area contributed by atoms with Crippen molar-refractivity contribution in [3.05, 3.63) is 88.2 Å². The smallest absolute Gasteiger partial charge is 0.295 e. The van der Waals surface area contributed by atoms with Gasteiger partial charge in [0.1, 0.15) is 11.5 Å². The number of pyridine rings is 1. The summed E-state index contributed by atoms with van der Waals surface area (Å²) in [6.45, 7) is 2.36. The number of benzene rings is 2. The summed E-state index contributed by atoms with van der Waals surface area (Å²) in [4.78, 5) is 32.0. The molecule has 1 N–H and O–H groups in total. The number of carbonyl (C=O) groups excluding carboxylic acids is 2. The third-order valence-electron chi connectivity index (χ3n) is 5.84. The van der Waals surface area contributed by atoms with Gasteiger partial charge >= 0.3 is 0 Å². The molecule has 0 bridgehead atoms. The maximum atomic E-state index is 13.3. The summed E-state index contributed by atoms with van der Waals surface area (Å²) in [6.07, 6.45) is 3.25. The van der Waals surface area contributed by atoms with Crippen LogP contribution in [0.3, 0.4) is 0 Å². The molecule has 1 aliphatic rings. The molecule has 1 atom stereocenters. The van der Waals surface area contributed by atoms with Crippen molar-refractivity contribution in [3.8, 4) is 17.2 Å². The number of methoxy groups -OCH3 is 2. The van der Waals surface area contributed by atoms with E-state index in [0.29, 0.717) is 29.4 Å². The van der Waals surface area contributed by atoms with E-state index in [1.165, 1.54) is 25.2 Å². The molecule has 1 amide bonds. The minimum absolute atomic E-state index is 0.0589. The van der Waals surface area contributed by atoms with Crippen molar-refractivity contribution in [2.45, 2.75) is 19.5 Å². The van der Waals surface area contributed by atoms with Crippen LogP contribution in [0.25, 0.3) is 5.76 Å². The summed E-state index contributed by atoms with van der Waals surface area (Å²) in [6, 6.07) is 12.5. The molecule has 1 saturated heterocycles. The first-order valence-corrected chi connectivity index (χ1v) is 11.6. The van der Waals surface area contributed by atoms with E-state index in [0.717, 1.165) is 5.56 Å². The molecule has 8 nitrogen and oxygen atoms in total. The molecular formula is C27H25ClN2O6. The molecular weight excluding hydrogens is 484 g/mol. The van der Waals surface area contributed by atoms with Crippen molar-refractivity contribution in [2.24, 2.45) is 0 Å². The zero-order valence-corrected chi connectivity index (χ0v) is 20.8. The third kappa shape index (κ3) is 4.72. The lowest BCUT2D eigenvalue weighted by molar-refractivity contribution is -0.140. The van der Waals surface area contributed by atoms with Crippen LogP contribution in [-0.2, 0) is 16.1 Å². The Hall–Kier alpha value is -4.04. The molecule has 2 heterocycles. The predicted octanol–water partition coefficient (Wildman–Crippen LogP) is 4.77. The highest BCUT2D eigenvalue weighted by molar-refractivity contribution is 6.46. The van der Waals surface area contributed by atoms with E-state index in [1.807, 2.05) is 13.0 Å². The van der Waals surface area contributed by atoms with Crippen LogP contribution in [0.1, 0.15) is 29.7 Å². The van der Waals surface area contributed by atoms with Crippen LogP contribution < -0.4 is 14.2 Å². The number of carbonyl (C=O) groups is 2. The molecule has 3 aromatic rings. The predicted molar refractivity (Wildman–Crippen MR) is 134 cm³/mol. The summed E-state index contributed by atoms with van der Waals surface area (Å²) < 4.78 is 16.2. The summed E-state index contributed by atoms with van der Waals surface area (Å²) >= 11 is 6.33. The van der Waals surface area contributed by atoms with Crippen LogP contribution in [-0.4, -0.2) is 47.5 Å². The Balaban J connectivity index is 1.88. The monoisotopic (exact) mass is 508 g/mol. The van der Waals surface area contributed by atoms with Crippen LogP contribution in [0.15, 0.2) is 66.5 Å². The Labute approximate surface area is 213 Å². The highest BCUT2D eigenvalue weighted by atomic mass is 35.5.